The monoisotopic (exact) mass is 318 g/mol. The number of hydrogen-bond acceptors (Lipinski definition) is 5. The third-order valence-electron chi connectivity index (χ3n) is 4.18. The third-order valence-corrected chi connectivity index (χ3v) is 4.18. The predicted octanol–water partition coefficient (Wildman–Crippen LogP) is 1.17. The van der Waals surface area contributed by atoms with E-state index in [-0.39, 0.29) is 18.6 Å². The number of aromatic nitrogens is 2. The van der Waals surface area contributed by atoms with Crippen molar-refractivity contribution in [2.45, 2.75) is 32.0 Å². The Morgan fingerprint density at radius 1 is 1.43 bits per heavy atom. The van der Waals surface area contributed by atoms with Crippen LogP contribution in [0.15, 0.2) is 28.8 Å². The van der Waals surface area contributed by atoms with Gasteiger partial charge in [0.05, 0.1) is 12.6 Å². The average Bonchev–Trinajstić information content (AvgIpc) is 3.23. The highest BCUT2D eigenvalue weighted by Gasteiger charge is 2.23. The minimum absolute atomic E-state index is 0.0712. The SMILES string of the molecule is CNC(=O)c1ccn([C@H]2CCCN(Cc3ccc(CO)o3)C2)n1. The first-order valence-corrected chi connectivity index (χ1v) is 7.87. The Bertz CT molecular complexity index is 664. The molecule has 1 saturated heterocycles. The number of likely N-dealkylation sites (tertiary alicyclic amines) is 1. The van der Waals surface area contributed by atoms with Crippen molar-refractivity contribution in [3.05, 3.63) is 41.6 Å². The largest absolute Gasteiger partial charge is 0.462 e. The van der Waals surface area contributed by atoms with Crippen molar-refractivity contribution in [3.63, 3.8) is 0 Å². The summed E-state index contributed by atoms with van der Waals surface area (Å²) in [6.45, 7) is 2.53. The second kappa shape index (κ2) is 6.97. The van der Waals surface area contributed by atoms with Crippen LogP contribution in [0.2, 0.25) is 0 Å². The Labute approximate surface area is 134 Å². The van der Waals surface area contributed by atoms with Crippen molar-refractivity contribution >= 4 is 5.91 Å². The highest BCUT2D eigenvalue weighted by Crippen LogP contribution is 2.23. The molecule has 1 aliphatic rings. The highest BCUT2D eigenvalue weighted by molar-refractivity contribution is 5.91. The molecule has 7 nitrogen and oxygen atoms in total. The quantitative estimate of drug-likeness (QED) is 0.864. The molecule has 0 aromatic carbocycles. The van der Waals surface area contributed by atoms with E-state index in [2.05, 4.69) is 15.3 Å². The number of carbonyl (C=O) groups excluding carboxylic acids is 1. The molecular weight excluding hydrogens is 296 g/mol. The molecule has 0 spiro atoms. The first kappa shape index (κ1) is 15.8. The Hall–Kier alpha value is -2.12. The third kappa shape index (κ3) is 3.62. The van der Waals surface area contributed by atoms with Crippen LogP contribution < -0.4 is 5.32 Å². The Morgan fingerprint density at radius 3 is 3.00 bits per heavy atom. The van der Waals surface area contributed by atoms with Crippen LogP contribution in [0.3, 0.4) is 0 Å². The van der Waals surface area contributed by atoms with Gasteiger partial charge in [-0.25, -0.2) is 0 Å². The Balaban J connectivity index is 1.63. The number of rotatable bonds is 5. The molecule has 23 heavy (non-hydrogen) atoms. The molecule has 2 N–H and O–H groups in total. The number of carbonyl (C=O) groups is 1. The molecule has 0 unspecified atom stereocenters. The van der Waals surface area contributed by atoms with Gasteiger partial charge in [0.2, 0.25) is 0 Å². The van der Waals surface area contributed by atoms with Crippen LogP contribution in [0.5, 0.6) is 0 Å². The summed E-state index contributed by atoms with van der Waals surface area (Å²) in [6.07, 6.45) is 3.99. The molecule has 0 bridgehead atoms. The zero-order valence-electron chi connectivity index (χ0n) is 13.2. The van der Waals surface area contributed by atoms with E-state index in [4.69, 9.17) is 9.52 Å². The standard InChI is InChI=1S/C16H22N4O3/c1-17-16(22)15-6-8-20(18-15)12-3-2-7-19(9-12)10-13-4-5-14(11-21)23-13/h4-6,8,12,21H,2-3,7,9-11H2,1H3,(H,17,22)/t12-/m0/s1. The fourth-order valence-corrected chi connectivity index (χ4v) is 2.99. The van der Waals surface area contributed by atoms with Crippen molar-refractivity contribution < 1.29 is 14.3 Å². The summed E-state index contributed by atoms with van der Waals surface area (Å²) >= 11 is 0. The van der Waals surface area contributed by atoms with E-state index < -0.39 is 0 Å². The van der Waals surface area contributed by atoms with Gasteiger partial charge in [0, 0.05) is 19.8 Å². The van der Waals surface area contributed by atoms with E-state index >= 15 is 0 Å². The second-order valence-electron chi connectivity index (χ2n) is 5.82. The smallest absolute Gasteiger partial charge is 0.271 e. The van der Waals surface area contributed by atoms with Crippen molar-refractivity contribution in [2.75, 3.05) is 20.1 Å². The zero-order chi connectivity index (χ0) is 16.2. The van der Waals surface area contributed by atoms with Crippen LogP contribution >= 0.6 is 0 Å². The maximum Gasteiger partial charge on any atom is 0.271 e. The number of aliphatic hydroxyl groups excluding tert-OH is 1. The van der Waals surface area contributed by atoms with E-state index in [1.807, 2.05) is 16.9 Å². The Morgan fingerprint density at radius 2 is 2.26 bits per heavy atom. The molecule has 3 heterocycles. The van der Waals surface area contributed by atoms with E-state index in [1.165, 1.54) is 0 Å². The van der Waals surface area contributed by atoms with Crippen molar-refractivity contribution in [1.82, 2.24) is 20.0 Å². The maximum absolute atomic E-state index is 11.6. The van der Waals surface area contributed by atoms with E-state index in [0.29, 0.717) is 11.5 Å². The average molecular weight is 318 g/mol. The summed E-state index contributed by atoms with van der Waals surface area (Å²) in [6, 6.07) is 5.72. The summed E-state index contributed by atoms with van der Waals surface area (Å²) in [5, 5.41) is 16.0. The van der Waals surface area contributed by atoms with Crippen molar-refractivity contribution in [3.8, 4) is 0 Å². The van der Waals surface area contributed by atoms with E-state index in [9.17, 15) is 4.79 Å². The molecule has 1 aliphatic heterocycles. The van der Waals surface area contributed by atoms with E-state index in [0.717, 1.165) is 38.2 Å². The van der Waals surface area contributed by atoms with Gasteiger partial charge in [-0.05, 0) is 37.6 Å². The molecule has 0 radical (unpaired) electrons. The van der Waals surface area contributed by atoms with Gasteiger partial charge in [-0.3, -0.25) is 14.4 Å². The fraction of sp³-hybridized carbons (Fsp3) is 0.500. The minimum atomic E-state index is -0.163. The van der Waals surface area contributed by atoms with Crippen LogP contribution in [-0.2, 0) is 13.2 Å². The number of aliphatic hydroxyl groups is 1. The Kier molecular flexibility index (Phi) is 4.78. The van der Waals surface area contributed by atoms with Crippen LogP contribution in [0, 0.1) is 0 Å². The van der Waals surface area contributed by atoms with Gasteiger partial charge in [0.25, 0.3) is 5.91 Å². The van der Waals surface area contributed by atoms with Crippen LogP contribution in [0.25, 0.3) is 0 Å². The molecule has 124 valence electrons. The number of piperidine rings is 1. The molecular formula is C16H22N4O3. The molecule has 0 aliphatic carbocycles. The summed E-state index contributed by atoms with van der Waals surface area (Å²) in [7, 11) is 1.60. The number of amides is 1. The summed E-state index contributed by atoms with van der Waals surface area (Å²) in [5.74, 6) is 1.29. The molecule has 1 fully saturated rings. The summed E-state index contributed by atoms with van der Waals surface area (Å²) < 4.78 is 7.45. The zero-order valence-corrected chi connectivity index (χ0v) is 13.2. The first-order valence-electron chi connectivity index (χ1n) is 7.87. The van der Waals surface area contributed by atoms with Crippen LogP contribution in [0.1, 0.15) is 40.9 Å². The number of nitrogens with one attached hydrogen (secondary N) is 1. The lowest BCUT2D eigenvalue weighted by Crippen LogP contribution is -2.36. The van der Waals surface area contributed by atoms with Gasteiger partial charge < -0.3 is 14.8 Å². The van der Waals surface area contributed by atoms with Gasteiger partial charge in [0.15, 0.2) is 0 Å². The highest BCUT2D eigenvalue weighted by atomic mass is 16.4. The summed E-state index contributed by atoms with van der Waals surface area (Å²) in [5.41, 5.74) is 0.447. The number of hydrogen-bond donors (Lipinski definition) is 2. The van der Waals surface area contributed by atoms with Crippen molar-refractivity contribution in [2.24, 2.45) is 0 Å². The minimum Gasteiger partial charge on any atom is -0.462 e. The summed E-state index contributed by atoms with van der Waals surface area (Å²) in [4.78, 5) is 13.9. The fourth-order valence-electron chi connectivity index (χ4n) is 2.99. The molecule has 3 rings (SSSR count). The molecule has 7 heteroatoms. The van der Waals surface area contributed by atoms with Crippen molar-refractivity contribution in [1.29, 1.82) is 0 Å². The van der Waals surface area contributed by atoms with Gasteiger partial charge in [-0.1, -0.05) is 0 Å². The van der Waals surface area contributed by atoms with Gasteiger partial charge in [-0.2, -0.15) is 5.10 Å². The molecule has 1 atom stereocenters. The lowest BCUT2D eigenvalue weighted by Gasteiger charge is -2.32. The number of nitrogens with zero attached hydrogens (tertiary/aromatic N) is 3. The first-order chi connectivity index (χ1) is 11.2. The molecule has 0 saturated carbocycles. The molecule has 2 aromatic heterocycles. The molecule has 1 amide bonds. The number of furan rings is 1. The maximum atomic E-state index is 11.6. The van der Waals surface area contributed by atoms with Gasteiger partial charge in [-0.15, -0.1) is 0 Å². The normalized spacial score (nSPS) is 19.0. The predicted molar refractivity (Wildman–Crippen MR) is 83.8 cm³/mol. The topological polar surface area (TPSA) is 83.5 Å². The lowest BCUT2D eigenvalue weighted by molar-refractivity contribution is 0.0955. The molecule has 2 aromatic rings. The second-order valence-corrected chi connectivity index (χ2v) is 5.82. The lowest BCUT2D eigenvalue weighted by atomic mass is 10.1. The van der Waals surface area contributed by atoms with Crippen LogP contribution in [-0.4, -0.2) is 45.8 Å². The van der Waals surface area contributed by atoms with Gasteiger partial charge >= 0.3 is 0 Å². The van der Waals surface area contributed by atoms with Gasteiger partial charge in [0.1, 0.15) is 23.8 Å². The van der Waals surface area contributed by atoms with E-state index in [1.54, 1.807) is 19.2 Å². The van der Waals surface area contributed by atoms with Crippen LogP contribution in [0.4, 0.5) is 0 Å².